The predicted octanol–water partition coefficient (Wildman–Crippen LogP) is -0.0584. The van der Waals surface area contributed by atoms with Crippen molar-refractivity contribution in [3.8, 4) is 0 Å². The highest BCUT2D eigenvalue weighted by molar-refractivity contribution is 7.92. The average Bonchev–Trinajstić information content (AvgIpc) is 2.40. The van der Waals surface area contributed by atoms with Crippen molar-refractivity contribution in [2.45, 2.75) is 0 Å². The van der Waals surface area contributed by atoms with Gasteiger partial charge in [-0.1, -0.05) is 0 Å². The highest BCUT2D eigenvalue weighted by Crippen LogP contribution is 2.08. The third kappa shape index (κ3) is 7.14. The van der Waals surface area contributed by atoms with Crippen molar-refractivity contribution < 1.29 is 27.1 Å². The molecule has 0 saturated heterocycles. The third-order valence-corrected chi connectivity index (χ3v) is 3.86. The number of rotatable bonds is 8. The summed E-state index contributed by atoms with van der Waals surface area (Å²) in [5.41, 5.74) is 0.270. The number of amides is 2. The Morgan fingerprint density at radius 3 is 2.32 bits per heavy atom. The number of halogens is 1. The lowest BCUT2D eigenvalue weighted by Gasteiger charge is -2.07. The summed E-state index contributed by atoms with van der Waals surface area (Å²) in [6.07, 6.45) is 0. The monoisotopic (exact) mass is 332 g/mol. The molecule has 0 fully saturated rings. The van der Waals surface area contributed by atoms with E-state index in [9.17, 15) is 22.4 Å². The summed E-state index contributed by atoms with van der Waals surface area (Å²) in [5.74, 6) is -3.59. The number of carbonyl (C=O) groups excluding carboxylic acids is 2. The number of hydrogen-bond acceptors (Lipinski definition) is 5. The molecule has 2 N–H and O–H groups in total. The van der Waals surface area contributed by atoms with E-state index in [4.69, 9.17) is 4.74 Å². The second-order valence-corrected chi connectivity index (χ2v) is 6.49. The Hall–Kier alpha value is -2.00. The Balaban J connectivity index is 2.47. The maximum Gasteiger partial charge on any atom is 0.239 e. The molecule has 0 spiro atoms. The Morgan fingerprint density at radius 1 is 1.14 bits per heavy atom. The van der Waals surface area contributed by atoms with E-state index in [0.717, 1.165) is 12.1 Å². The molecule has 1 aromatic rings. The molecule has 0 heterocycles. The second kappa shape index (κ2) is 8.44. The first-order valence-electron chi connectivity index (χ1n) is 6.34. The van der Waals surface area contributed by atoms with Gasteiger partial charge in [0.05, 0.1) is 6.61 Å². The van der Waals surface area contributed by atoms with Crippen molar-refractivity contribution in [1.82, 2.24) is 5.32 Å². The molecular formula is C13H17FN2O5S. The van der Waals surface area contributed by atoms with Crippen LogP contribution >= 0.6 is 0 Å². The molecule has 0 aliphatic carbocycles. The number of carbonyl (C=O) groups is 2. The summed E-state index contributed by atoms with van der Waals surface area (Å²) in [4.78, 5) is 23.0. The normalized spacial score (nSPS) is 11.0. The minimum Gasteiger partial charge on any atom is -0.383 e. The van der Waals surface area contributed by atoms with Crippen LogP contribution in [-0.4, -0.2) is 52.0 Å². The van der Waals surface area contributed by atoms with Crippen molar-refractivity contribution in [2.24, 2.45) is 0 Å². The molecular weight excluding hydrogens is 315 g/mol. The number of sulfone groups is 1. The summed E-state index contributed by atoms with van der Waals surface area (Å²) >= 11 is 0. The summed E-state index contributed by atoms with van der Waals surface area (Å²) in [7, 11) is -2.44. The molecule has 0 radical (unpaired) electrons. The van der Waals surface area contributed by atoms with E-state index < -0.39 is 39.0 Å². The van der Waals surface area contributed by atoms with Gasteiger partial charge in [0, 0.05) is 19.3 Å². The first-order valence-corrected chi connectivity index (χ1v) is 8.16. The topological polar surface area (TPSA) is 102 Å². The lowest BCUT2D eigenvalue weighted by atomic mass is 10.3. The first kappa shape index (κ1) is 18.1. The van der Waals surface area contributed by atoms with Crippen LogP contribution in [0.1, 0.15) is 0 Å². The van der Waals surface area contributed by atoms with Gasteiger partial charge < -0.3 is 15.4 Å². The minimum atomic E-state index is -3.88. The zero-order valence-corrected chi connectivity index (χ0v) is 12.8. The van der Waals surface area contributed by atoms with E-state index in [0.29, 0.717) is 0 Å². The summed E-state index contributed by atoms with van der Waals surface area (Å²) in [6, 6.07) is 4.87. The molecule has 7 nitrogen and oxygen atoms in total. The molecule has 9 heteroatoms. The molecule has 0 bridgehead atoms. The van der Waals surface area contributed by atoms with Gasteiger partial charge >= 0.3 is 0 Å². The van der Waals surface area contributed by atoms with Crippen LogP contribution in [0.2, 0.25) is 0 Å². The first-order chi connectivity index (χ1) is 10.3. The van der Waals surface area contributed by atoms with Crippen LogP contribution in [0, 0.1) is 5.82 Å². The zero-order valence-electron chi connectivity index (χ0n) is 12.0. The number of benzene rings is 1. The summed E-state index contributed by atoms with van der Waals surface area (Å²) < 4.78 is 40.8. The van der Waals surface area contributed by atoms with Crippen LogP contribution in [-0.2, 0) is 24.2 Å². The largest absolute Gasteiger partial charge is 0.383 e. The van der Waals surface area contributed by atoms with Gasteiger partial charge in [0.15, 0.2) is 9.84 Å². The number of nitrogens with one attached hydrogen (secondary N) is 2. The lowest BCUT2D eigenvalue weighted by Crippen LogP contribution is -2.35. The second-order valence-electron chi connectivity index (χ2n) is 4.43. The average molecular weight is 332 g/mol. The van der Waals surface area contributed by atoms with E-state index >= 15 is 0 Å². The molecule has 0 unspecified atom stereocenters. The SMILES string of the molecule is COCCNC(=O)CS(=O)(=O)CC(=O)Nc1ccc(F)cc1. The molecule has 0 atom stereocenters. The lowest BCUT2D eigenvalue weighted by molar-refractivity contribution is -0.118. The number of methoxy groups -OCH3 is 1. The molecule has 1 aromatic carbocycles. The molecule has 0 aromatic heterocycles. The van der Waals surface area contributed by atoms with Gasteiger partial charge in [-0.2, -0.15) is 0 Å². The van der Waals surface area contributed by atoms with Crippen LogP contribution in [0.5, 0.6) is 0 Å². The van der Waals surface area contributed by atoms with Crippen molar-refractivity contribution in [3.05, 3.63) is 30.1 Å². The van der Waals surface area contributed by atoms with E-state index in [1.807, 2.05) is 0 Å². The van der Waals surface area contributed by atoms with E-state index in [2.05, 4.69) is 10.6 Å². The molecule has 2 amide bonds. The van der Waals surface area contributed by atoms with Crippen LogP contribution in [0.15, 0.2) is 24.3 Å². The maximum absolute atomic E-state index is 12.7. The van der Waals surface area contributed by atoms with Crippen LogP contribution in [0.25, 0.3) is 0 Å². The summed E-state index contributed by atoms with van der Waals surface area (Å²) in [5, 5.41) is 4.67. The molecule has 122 valence electrons. The highest BCUT2D eigenvalue weighted by Gasteiger charge is 2.20. The molecule has 0 saturated carbocycles. The van der Waals surface area contributed by atoms with Crippen molar-refractivity contribution in [1.29, 1.82) is 0 Å². The van der Waals surface area contributed by atoms with Gasteiger partial charge in [0.25, 0.3) is 0 Å². The van der Waals surface area contributed by atoms with Crippen molar-refractivity contribution in [3.63, 3.8) is 0 Å². The van der Waals surface area contributed by atoms with Crippen LogP contribution < -0.4 is 10.6 Å². The van der Waals surface area contributed by atoms with E-state index in [1.165, 1.54) is 19.2 Å². The maximum atomic E-state index is 12.7. The molecule has 1 rings (SSSR count). The van der Waals surface area contributed by atoms with Gasteiger partial charge in [-0.15, -0.1) is 0 Å². The summed E-state index contributed by atoms with van der Waals surface area (Å²) in [6.45, 7) is 0.448. The zero-order chi connectivity index (χ0) is 16.6. The number of ether oxygens (including phenoxy) is 1. The van der Waals surface area contributed by atoms with Crippen LogP contribution in [0.4, 0.5) is 10.1 Å². The fraction of sp³-hybridized carbons (Fsp3) is 0.385. The molecule has 22 heavy (non-hydrogen) atoms. The van der Waals surface area contributed by atoms with E-state index in [1.54, 1.807) is 0 Å². The Kier molecular flexibility index (Phi) is 6.93. The van der Waals surface area contributed by atoms with Gasteiger partial charge in [0.1, 0.15) is 17.3 Å². The van der Waals surface area contributed by atoms with Crippen LogP contribution in [0.3, 0.4) is 0 Å². The van der Waals surface area contributed by atoms with Crippen molar-refractivity contribution >= 4 is 27.3 Å². The third-order valence-electron chi connectivity index (χ3n) is 2.46. The van der Waals surface area contributed by atoms with Gasteiger partial charge in [-0.3, -0.25) is 9.59 Å². The molecule has 0 aliphatic heterocycles. The van der Waals surface area contributed by atoms with Gasteiger partial charge in [-0.25, -0.2) is 12.8 Å². The fourth-order valence-electron chi connectivity index (χ4n) is 1.52. The van der Waals surface area contributed by atoms with Gasteiger partial charge in [-0.05, 0) is 24.3 Å². The van der Waals surface area contributed by atoms with E-state index in [-0.39, 0.29) is 18.8 Å². The Bertz CT molecular complexity index is 616. The molecule has 0 aliphatic rings. The quantitative estimate of drug-likeness (QED) is 0.650. The van der Waals surface area contributed by atoms with Crippen molar-refractivity contribution in [2.75, 3.05) is 37.1 Å². The fourth-order valence-corrected chi connectivity index (χ4v) is 2.60. The highest BCUT2D eigenvalue weighted by atomic mass is 32.2. The predicted molar refractivity (Wildman–Crippen MR) is 78.6 cm³/mol. The number of anilines is 1. The standard InChI is InChI=1S/C13H17FN2O5S/c1-21-7-6-15-12(17)8-22(19,20)9-13(18)16-11-4-2-10(14)3-5-11/h2-5H,6-9H2,1H3,(H,15,17)(H,16,18). The smallest absolute Gasteiger partial charge is 0.239 e. The Labute approximate surface area is 127 Å². The minimum absolute atomic E-state index is 0.187. The number of hydrogen-bond donors (Lipinski definition) is 2. The Morgan fingerprint density at radius 2 is 1.73 bits per heavy atom. The van der Waals surface area contributed by atoms with Gasteiger partial charge in [0.2, 0.25) is 11.8 Å².